The lowest BCUT2D eigenvalue weighted by Gasteiger charge is -2.29. The number of aliphatic hydroxyl groups is 1. The molecule has 0 saturated carbocycles. The van der Waals surface area contributed by atoms with Gasteiger partial charge in [-0.05, 0) is 62.2 Å². The van der Waals surface area contributed by atoms with Crippen molar-refractivity contribution in [3.63, 3.8) is 0 Å². The molecule has 8 amide bonds. The predicted octanol–water partition coefficient (Wildman–Crippen LogP) is -1.69. The Bertz CT molecular complexity index is 1910. The van der Waals surface area contributed by atoms with Gasteiger partial charge >= 0.3 is 23.9 Å². The Labute approximate surface area is 419 Å². The van der Waals surface area contributed by atoms with Gasteiger partial charge in [-0.25, -0.2) is 4.79 Å². The molecule has 11 atom stereocenters. The lowest BCUT2D eigenvalue weighted by atomic mass is 9.97. The summed E-state index contributed by atoms with van der Waals surface area (Å²) in [6.07, 6.45) is -4.54. The maximum Gasteiger partial charge on any atom is 0.328 e. The van der Waals surface area contributed by atoms with Crippen molar-refractivity contribution >= 4 is 71.1 Å². The molecule has 0 aromatic heterocycles. The minimum absolute atomic E-state index is 0.0162. The highest BCUT2D eigenvalue weighted by Gasteiger charge is 2.37. The molecule has 0 aromatic rings. The molecule has 0 heterocycles. The molecule has 0 aliphatic carbocycles. The van der Waals surface area contributed by atoms with Crippen LogP contribution in [0, 0.1) is 29.6 Å². The van der Waals surface area contributed by atoms with E-state index in [1.165, 1.54) is 0 Å². The second-order valence-corrected chi connectivity index (χ2v) is 19.7. The number of carbonyl (C=O) groups is 12. The molecule has 0 aliphatic rings. The van der Waals surface area contributed by atoms with Crippen LogP contribution in [-0.2, 0) is 57.5 Å². The summed E-state index contributed by atoms with van der Waals surface area (Å²) in [4.78, 5) is 156. The summed E-state index contributed by atoms with van der Waals surface area (Å²) in [6, 6.07) is -14.4. The molecule has 0 aliphatic heterocycles. The zero-order valence-corrected chi connectivity index (χ0v) is 43.0. The fourth-order valence-corrected chi connectivity index (χ4v) is 7.02. The Balaban J connectivity index is 6.72. The molecule has 0 rings (SSSR count). The lowest BCUT2D eigenvalue weighted by molar-refractivity contribution is -0.145. The van der Waals surface area contributed by atoms with Crippen molar-refractivity contribution in [1.82, 2.24) is 42.5 Å². The number of hydrogen-bond acceptors (Lipinski definition) is 14. The molecule has 0 aromatic carbocycles. The van der Waals surface area contributed by atoms with Crippen LogP contribution in [-0.4, -0.2) is 157 Å². The van der Waals surface area contributed by atoms with Gasteiger partial charge in [-0.1, -0.05) is 75.7 Å². The monoisotopic (exact) mass is 1030 g/mol. The van der Waals surface area contributed by atoms with E-state index in [9.17, 15) is 83.1 Å². The Morgan fingerprint density at radius 2 is 0.597 bits per heavy atom. The number of hydrogen-bond donors (Lipinski definition) is 14. The predicted molar refractivity (Wildman–Crippen MR) is 257 cm³/mol. The van der Waals surface area contributed by atoms with E-state index in [1.54, 1.807) is 69.2 Å². The molecule has 0 fully saturated rings. The molecule has 0 radical (unpaired) electrons. The molecule has 26 heteroatoms. The van der Waals surface area contributed by atoms with Crippen molar-refractivity contribution in [1.29, 1.82) is 0 Å². The largest absolute Gasteiger partial charge is 0.481 e. The Morgan fingerprint density at radius 3 is 0.806 bits per heavy atom. The standard InChI is InChI=1S/C46H79N9O17/c1-12-24(10)36(47)45(70)54-28(15-22(6)7)40(65)52-32(19-35(61)62)43(68)53-31(18-34(59)60)42(67)49-27(14-21(4)5)39(64)51-30(17-33(57)58)41(66)48-26(13-20(2)3)38(63)50-29(16-23(8)9)44(69)55-37(25(11)56)46(71)72/h20-32,36-37,56H,12-19,47H2,1-11H3,(H,48,66)(H,49,67)(H,50,63)(H,51,64)(H,52,65)(H,53,68)(H,54,70)(H,55,69)(H,57,58)(H,59,60)(H,61,62)(H,71,72)/t24-,25+,26-,27-,28-,29-,30-,31-,32-,36-,37-/m0/s1. The number of rotatable bonds is 34. The number of carbonyl (C=O) groups excluding carboxylic acids is 8. The van der Waals surface area contributed by atoms with Gasteiger partial charge in [-0.3, -0.25) is 52.7 Å². The van der Waals surface area contributed by atoms with Crippen LogP contribution in [0.15, 0.2) is 0 Å². The number of nitrogens with one attached hydrogen (secondary N) is 8. The summed E-state index contributed by atoms with van der Waals surface area (Å²) in [5.41, 5.74) is 6.04. The van der Waals surface area contributed by atoms with E-state index >= 15 is 0 Å². The fraction of sp³-hybridized carbons (Fsp3) is 0.739. The zero-order valence-electron chi connectivity index (χ0n) is 43.0. The van der Waals surface area contributed by atoms with Gasteiger partial charge in [-0.2, -0.15) is 0 Å². The highest BCUT2D eigenvalue weighted by Crippen LogP contribution is 2.14. The van der Waals surface area contributed by atoms with Crippen LogP contribution in [0.5, 0.6) is 0 Å². The second kappa shape index (κ2) is 31.8. The van der Waals surface area contributed by atoms with E-state index < -0.39 is 157 Å². The first-order valence-corrected chi connectivity index (χ1v) is 23.9. The van der Waals surface area contributed by atoms with Crippen LogP contribution in [0.2, 0.25) is 0 Å². The lowest BCUT2D eigenvalue weighted by Crippen LogP contribution is -2.61. The van der Waals surface area contributed by atoms with Crippen LogP contribution >= 0.6 is 0 Å². The van der Waals surface area contributed by atoms with Crippen molar-refractivity contribution in [2.24, 2.45) is 35.3 Å². The van der Waals surface area contributed by atoms with E-state index in [0.717, 1.165) is 6.92 Å². The van der Waals surface area contributed by atoms with Crippen LogP contribution in [0.3, 0.4) is 0 Å². The summed E-state index contributed by atoms with van der Waals surface area (Å²) >= 11 is 0. The quantitative estimate of drug-likeness (QED) is 0.0342. The van der Waals surface area contributed by atoms with Gasteiger partial charge in [0.05, 0.1) is 31.4 Å². The van der Waals surface area contributed by atoms with Gasteiger partial charge in [0.2, 0.25) is 47.3 Å². The number of nitrogens with two attached hydrogens (primary N) is 1. The molecule has 15 N–H and O–H groups in total. The molecule has 410 valence electrons. The third kappa shape index (κ3) is 25.1. The Hall–Kier alpha value is -6.44. The normalized spacial score (nSPS) is 16.0. The molecule has 26 nitrogen and oxygen atoms in total. The average Bonchev–Trinajstić information content (AvgIpc) is 3.24. The maximum atomic E-state index is 13.9. The van der Waals surface area contributed by atoms with Crippen LogP contribution in [0.1, 0.15) is 128 Å². The number of carboxylic acids is 4. The van der Waals surface area contributed by atoms with Crippen molar-refractivity contribution in [3.05, 3.63) is 0 Å². The minimum atomic E-state index is -2.03. The minimum Gasteiger partial charge on any atom is -0.481 e. The molecule has 0 unspecified atom stereocenters. The van der Waals surface area contributed by atoms with Crippen LogP contribution < -0.4 is 48.3 Å². The highest BCUT2D eigenvalue weighted by molar-refractivity contribution is 6.00. The SMILES string of the molecule is CC[C@H](C)[C@H](N)C(=O)N[C@@H](CC(C)C)C(=O)N[C@@H](CC(=O)O)C(=O)N[C@@H](CC(=O)O)C(=O)N[C@@H](CC(C)C)C(=O)N[C@@H](CC(=O)O)C(=O)N[C@@H](CC(C)C)C(=O)N[C@@H](CC(C)C)C(=O)N[C@H](C(=O)O)[C@@H](C)O. The summed E-state index contributed by atoms with van der Waals surface area (Å²) in [6.45, 7) is 18.1. The van der Waals surface area contributed by atoms with Crippen molar-refractivity contribution in [2.75, 3.05) is 0 Å². The number of aliphatic hydroxyl groups excluding tert-OH is 1. The van der Waals surface area contributed by atoms with E-state index in [2.05, 4.69) is 42.5 Å². The second-order valence-electron chi connectivity index (χ2n) is 19.7. The van der Waals surface area contributed by atoms with E-state index in [4.69, 9.17) is 5.73 Å². The topological polar surface area (TPSA) is 428 Å². The van der Waals surface area contributed by atoms with Crippen molar-refractivity contribution in [2.45, 2.75) is 188 Å². The molecular formula is C46H79N9O17. The summed E-state index contributed by atoms with van der Waals surface area (Å²) in [5, 5.41) is 67.0. The van der Waals surface area contributed by atoms with Gasteiger partial charge in [0.15, 0.2) is 6.04 Å². The Morgan fingerprint density at radius 1 is 0.375 bits per heavy atom. The number of aliphatic carboxylic acids is 4. The van der Waals surface area contributed by atoms with Crippen molar-refractivity contribution < 1.29 is 83.1 Å². The first-order chi connectivity index (χ1) is 33.2. The zero-order chi connectivity index (χ0) is 55.9. The van der Waals surface area contributed by atoms with Gasteiger partial charge in [-0.15, -0.1) is 0 Å². The molecular weight excluding hydrogens is 951 g/mol. The molecule has 72 heavy (non-hydrogen) atoms. The first-order valence-electron chi connectivity index (χ1n) is 23.9. The van der Waals surface area contributed by atoms with Gasteiger partial charge in [0, 0.05) is 0 Å². The molecule has 0 spiro atoms. The summed E-state index contributed by atoms with van der Waals surface area (Å²) in [7, 11) is 0. The number of amides is 8. The van der Waals surface area contributed by atoms with E-state index in [1.807, 2.05) is 0 Å². The average molecular weight is 1030 g/mol. The third-order valence-electron chi connectivity index (χ3n) is 11.0. The van der Waals surface area contributed by atoms with Gasteiger partial charge in [0.1, 0.15) is 42.3 Å². The van der Waals surface area contributed by atoms with Crippen LogP contribution in [0.4, 0.5) is 0 Å². The van der Waals surface area contributed by atoms with E-state index in [-0.39, 0.29) is 49.4 Å². The molecule has 0 saturated heterocycles. The summed E-state index contributed by atoms with van der Waals surface area (Å²) in [5.74, 6) is -16.4. The fourth-order valence-electron chi connectivity index (χ4n) is 7.02. The first kappa shape index (κ1) is 65.6. The van der Waals surface area contributed by atoms with E-state index in [0.29, 0.717) is 6.42 Å². The molecule has 0 bridgehead atoms. The number of carboxylic acid groups (broad SMARTS) is 4. The van der Waals surface area contributed by atoms with Crippen LogP contribution in [0.25, 0.3) is 0 Å². The van der Waals surface area contributed by atoms with Gasteiger partial charge < -0.3 is 73.8 Å². The van der Waals surface area contributed by atoms with Crippen molar-refractivity contribution in [3.8, 4) is 0 Å². The summed E-state index contributed by atoms with van der Waals surface area (Å²) < 4.78 is 0. The Kier molecular flexibility index (Phi) is 29.0. The highest BCUT2D eigenvalue weighted by atomic mass is 16.4. The maximum absolute atomic E-state index is 13.9. The smallest absolute Gasteiger partial charge is 0.328 e. The third-order valence-corrected chi connectivity index (χ3v) is 11.0. The van der Waals surface area contributed by atoms with Gasteiger partial charge in [0.25, 0.3) is 0 Å².